The van der Waals surface area contributed by atoms with Crippen LogP contribution in [0.5, 0.6) is 11.5 Å². The molecule has 1 aromatic heterocycles. The SMILES string of the molecule is CC(=O)O[C@H]1C(=O)[C@@]2(C)C(C(OC(=O)c3ccccc3)[C@]3(O)CC(OC(=O)[C@H](O)[C@@H](NC(=O)c4ccccc4)c4ccccc4)C(C)=C1C3(C)C)[C@]1(OC(C)=O)COC1C[C@@H]2OC(=O)C(C)NS(=O)(=O)c1ccc(-c2c3cc(F)c(O)cc3[o+]c3cc(O)c(F)cc23)c(C(=O)O)c1. The summed E-state index contributed by atoms with van der Waals surface area (Å²) in [5, 5.41) is 59.7. The molecule has 4 aliphatic rings. The maximum atomic E-state index is 16.6. The number of phenolic OH excluding ortho intramolecular Hbond substituents is 2. The van der Waals surface area contributed by atoms with E-state index >= 15 is 13.6 Å². The number of rotatable bonds is 17. The van der Waals surface area contributed by atoms with Crippen LogP contribution in [0.1, 0.15) is 104 Å². The number of hydrogen-bond donors (Lipinski definition) is 7. The van der Waals surface area contributed by atoms with Gasteiger partial charge in [-0.3, -0.25) is 24.0 Å². The quantitative estimate of drug-likeness (QED) is 0.0150. The minimum atomic E-state index is -5.06. The number of aliphatic hydroxyl groups excluding tert-OH is 1. The number of carbonyl (C=O) groups is 8. The van der Waals surface area contributed by atoms with Crippen molar-refractivity contribution in [3.63, 3.8) is 0 Å². The van der Waals surface area contributed by atoms with E-state index in [1.165, 1.54) is 64.1 Å². The number of esters is 5. The number of aromatic hydroxyl groups is 2. The number of carboxylic acid groups (broad SMARTS) is 1. The number of ether oxygens (including phenoxy) is 6. The minimum Gasteiger partial charge on any atom is -0.505 e. The molecule has 2 saturated carbocycles. The lowest BCUT2D eigenvalue weighted by molar-refractivity contribution is -0.346. The predicted molar refractivity (Wildman–Crippen MR) is 335 cm³/mol. The topological polar surface area (TPSA) is 363 Å². The van der Waals surface area contributed by atoms with Crippen LogP contribution in [0.3, 0.4) is 0 Å². The van der Waals surface area contributed by atoms with Crippen LogP contribution < -0.4 is 10.0 Å². The number of Topliss-reactive ketones (excluding diaryl/α,β-unsaturated/α-hetero) is 1. The Kier molecular flexibility index (Phi) is 18.0. The van der Waals surface area contributed by atoms with Gasteiger partial charge in [-0.05, 0) is 91.6 Å². The third kappa shape index (κ3) is 12.0. The molecule has 7 aromatic rings. The molecule has 97 heavy (non-hydrogen) atoms. The molecule has 5 unspecified atom stereocenters. The van der Waals surface area contributed by atoms with E-state index < -0.39 is 187 Å². The molecule has 24 nitrogen and oxygen atoms in total. The summed E-state index contributed by atoms with van der Waals surface area (Å²) < 4.78 is 104. The normalized spacial score (nSPS) is 25.1. The number of hydrogen-bond acceptors (Lipinski definition) is 20. The average molecular weight is 1360 g/mol. The molecule has 506 valence electrons. The number of ketones is 1. The van der Waals surface area contributed by atoms with Crippen molar-refractivity contribution < 1.29 is 114 Å². The van der Waals surface area contributed by atoms with Crippen LogP contribution in [-0.2, 0) is 62.4 Å². The van der Waals surface area contributed by atoms with Gasteiger partial charge in [0.1, 0.15) is 36.1 Å². The fourth-order valence-corrected chi connectivity index (χ4v) is 15.4. The van der Waals surface area contributed by atoms with Gasteiger partial charge in [0.15, 0.2) is 46.7 Å². The largest absolute Gasteiger partial charge is 0.505 e. The van der Waals surface area contributed by atoms with Crippen molar-refractivity contribution in [2.45, 2.75) is 126 Å². The molecule has 12 atom stereocenters. The van der Waals surface area contributed by atoms with Crippen molar-refractivity contribution in [2.75, 3.05) is 6.61 Å². The van der Waals surface area contributed by atoms with Crippen LogP contribution in [-0.4, -0.2) is 142 Å². The number of aliphatic hydroxyl groups is 2. The lowest BCUT2D eigenvalue weighted by atomic mass is 9.44. The molecule has 1 aliphatic heterocycles. The molecule has 27 heteroatoms. The van der Waals surface area contributed by atoms with Gasteiger partial charge in [0.25, 0.3) is 5.91 Å². The Hall–Kier alpha value is -10.1. The Morgan fingerprint density at radius 1 is 0.742 bits per heavy atom. The van der Waals surface area contributed by atoms with Crippen LogP contribution in [0.25, 0.3) is 33.1 Å². The number of nitrogens with one attached hydrogen (secondary N) is 2. The van der Waals surface area contributed by atoms with Gasteiger partial charge in [-0.25, -0.2) is 36.0 Å². The van der Waals surface area contributed by atoms with Crippen LogP contribution in [0, 0.1) is 28.4 Å². The third-order valence-electron chi connectivity index (χ3n) is 19.0. The highest BCUT2D eigenvalue weighted by Crippen LogP contribution is 2.65. The van der Waals surface area contributed by atoms with Crippen molar-refractivity contribution in [3.8, 4) is 22.6 Å². The van der Waals surface area contributed by atoms with Gasteiger partial charge in [0.05, 0.1) is 62.9 Å². The van der Waals surface area contributed by atoms with Gasteiger partial charge < -0.3 is 59.3 Å². The number of carboxylic acids is 1. The summed E-state index contributed by atoms with van der Waals surface area (Å²) in [7, 11) is -5.06. The fraction of sp³-hybridized carbons (Fsp3) is 0.329. The van der Waals surface area contributed by atoms with E-state index in [4.69, 9.17) is 32.8 Å². The first kappa shape index (κ1) is 68.3. The zero-order valence-corrected chi connectivity index (χ0v) is 53.7. The van der Waals surface area contributed by atoms with Crippen LogP contribution in [0.2, 0.25) is 0 Å². The van der Waals surface area contributed by atoms with Crippen molar-refractivity contribution in [3.05, 3.63) is 178 Å². The molecule has 7 N–H and O–H groups in total. The third-order valence-corrected chi connectivity index (χ3v) is 20.6. The van der Waals surface area contributed by atoms with Gasteiger partial charge >= 0.3 is 47.0 Å². The monoisotopic (exact) mass is 1360 g/mol. The Morgan fingerprint density at radius 2 is 1.32 bits per heavy atom. The van der Waals surface area contributed by atoms with Gasteiger partial charge in [0, 0.05) is 43.2 Å². The maximum Gasteiger partial charge on any atom is 0.365 e. The lowest BCUT2D eigenvalue weighted by Crippen LogP contribution is -2.82. The van der Waals surface area contributed by atoms with Crippen molar-refractivity contribution in [1.29, 1.82) is 0 Å². The van der Waals surface area contributed by atoms with Gasteiger partial charge in [-0.2, -0.15) is 4.72 Å². The Labute approximate surface area is 551 Å². The number of benzene rings is 6. The van der Waals surface area contributed by atoms with E-state index in [0.29, 0.717) is 6.07 Å². The Morgan fingerprint density at radius 3 is 1.87 bits per heavy atom. The van der Waals surface area contributed by atoms with Gasteiger partial charge in [-0.1, -0.05) is 86.6 Å². The second kappa shape index (κ2) is 25.5. The predicted octanol–water partition coefficient (Wildman–Crippen LogP) is 7.89. The van der Waals surface area contributed by atoms with Gasteiger partial charge in [0.2, 0.25) is 10.0 Å². The fourth-order valence-electron chi connectivity index (χ4n) is 14.2. The van der Waals surface area contributed by atoms with E-state index in [0.717, 1.165) is 57.2 Å². The first-order chi connectivity index (χ1) is 45.7. The van der Waals surface area contributed by atoms with Gasteiger partial charge in [-0.15, -0.1) is 0 Å². The molecule has 1 amide bonds. The number of phenols is 2. The van der Waals surface area contributed by atoms with E-state index in [-0.39, 0.29) is 60.9 Å². The van der Waals surface area contributed by atoms with Crippen LogP contribution >= 0.6 is 0 Å². The Balaban J connectivity index is 0.997. The molecule has 3 aliphatic carbocycles. The summed E-state index contributed by atoms with van der Waals surface area (Å²) in [6.07, 6.45) is -12.9. The number of halogens is 2. The number of fused-ring (bicyclic) bond motifs is 7. The van der Waals surface area contributed by atoms with E-state index in [1.807, 2.05) is 0 Å². The van der Waals surface area contributed by atoms with E-state index in [1.54, 1.807) is 54.6 Å². The average Bonchev–Trinajstić information content (AvgIpc) is 0.668. The zero-order chi connectivity index (χ0) is 70.2. The molecule has 11 rings (SSSR count). The second-order valence-corrected chi connectivity index (χ2v) is 26.9. The molecule has 2 bridgehead atoms. The van der Waals surface area contributed by atoms with Crippen molar-refractivity contribution in [1.82, 2.24) is 10.0 Å². The molecule has 2 heterocycles. The van der Waals surface area contributed by atoms with E-state index in [9.17, 15) is 67.5 Å². The summed E-state index contributed by atoms with van der Waals surface area (Å²) in [5.41, 5.74) is -11.0. The highest BCUT2D eigenvalue weighted by atomic mass is 32.2. The second-order valence-electron chi connectivity index (χ2n) is 25.2. The molecule has 0 radical (unpaired) electrons. The standard InChI is InChI=1S/C70H64F2N2O22S/c1-33-51(93-66(86)57(79)56(37-17-11-8-12-18-37)73-62(81)38-19-13-9-14-20-38)31-70(87)61(95-65(85)39-21-15-10-16-22-39)59-68(7,60(80)58(91-35(3)75)55(33)67(70,5)6)52(30-53-69(59,32-90-53)96-36(4)76)94-64(84)34(2)74-97(88,89)40-23-24-41(42(25-40)63(82)83)54-43-26-45(71)47(77)28-49(43)92-50-29-48(78)46(72)27-44(50)54/h8-29,34,51-53,56-59,61,74,79,87H,30-32H2,1-7H3,(H3-,73,77,78,81,82,83)/p+1/t34?,51?,52-,53?,56-,57+,58+,59?,61?,68+,69-,70+/m0/s1. The smallest absolute Gasteiger partial charge is 0.365 e. The molecule has 0 spiro atoms. The highest BCUT2D eigenvalue weighted by molar-refractivity contribution is 7.89. The number of carbonyl (C=O) groups excluding carboxylic acids is 7. The Bertz CT molecular complexity index is 4510. The first-order valence-corrected chi connectivity index (χ1v) is 31.9. The summed E-state index contributed by atoms with van der Waals surface area (Å²) >= 11 is 0. The lowest BCUT2D eigenvalue weighted by Gasteiger charge is -2.67. The number of aromatic carboxylic acids is 1. The maximum absolute atomic E-state index is 16.6. The molecule has 1 saturated heterocycles. The zero-order valence-electron chi connectivity index (χ0n) is 52.9. The van der Waals surface area contributed by atoms with Crippen LogP contribution in [0.15, 0.2) is 154 Å². The van der Waals surface area contributed by atoms with Crippen molar-refractivity contribution >= 4 is 79.5 Å². The van der Waals surface area contributed by atoms with E-state index in [2.05, 4.69) is 10.0 Å². The summed E-state index contributed by atoms with van der Waals surface area (Å²) in [4.78, 5) is 115. The molecular formula is C70H65F2N2O22S+. The minimum absolute atomic E-state index is 0.0232. The number of amides is 1. The molecular weight excluding hydrogens is 1290 g/mol. The van der Waals surface area contributed by atoms with Crippen LogP contribution in [0.4, 0.5) is 8.78 Å². The number of sulfonamides is 1. The van der Waals surface area contributed by atoms with Crippen molar-refractivity contribution in [2.24, 2.45) is 16.7 Å². The summed E-state index contributed by atoms with van der Waals surface area (Å²) in [6.45, 7) is 7.98. The first-order valence-electron chi connectivity index (χ1n) is 30.5. The molecule has 3 fully saturated rings. The highest BCUT2D eigenvalue weighted by Gasteiger charge is 2.79. The summed E-state index contributed by atoms with van der Waals surface area (Å²) in [5.74, 6) is -15.7. The summed E-state index contributed by atoms with van der Waals surface area (Å²) in [6, 6.07) is 25.6. The molecule has 6 aromatic carbocycles.